The van der Waals surface area contributed by atoms with Crippen LogP contribution in [0.25, 0.3) is 0 Å². The van der Waals surface area contributed by atoms with Gasteiger partial charge < -0.3 is 10.0 Å². The van der Waals surface area contributed by atoms with Gasteiger partial charge in [-0.15, -0.1) is 0 Å². The Hall–Kier alpha value is -1.62. The molecule has 0 aromatic heterocycles. The largest absolute Gasteiger partial charge is 0.389 e. The third-order valence-electron chi connectivity index (χ3n) is 3.97. The Balaban J connectivity index is 2.35. The van der Waals surface area contributed by atoms with E-state index >= 15 is 0 Å². The van der Waals surface area contributed by atoms with Crippen LogP contribution in [-0.4, -0.2) is 23.1 Å². The molecule has 2 rings (SSSR count). The summed E-state index contributed by atoms with van der Waals surface area (Å²) in [5.74, 6) is 0.640. The molecule has 0 saturated heterocycles. The summed E-state index contributed by atoms with van der Waals surface area (Å²) < 4.78 is 0. The number of rotatable bonds is 5. The van der Waals surface area contributed by atoms with Crippen LogP contribution in [-0.2, 0) is 0 Å². The third-order valence-corrected chi connectivity index (χ3v) is 3.97. The summed E-state index contributed by atoms with van der Waals surface area (Å²) in [4.78, 5) is 12.8. The van der Waals surface area contributed by atoms with Crippen molar-refractivity contribution in [3.63, 3.8) is 0 Å². The van der Waals surface area contributed by atoms with Crippen LogP contribution >= 0.6 is 0 Å². The molecule has 0 aliphatic heterocycles. The van der Waals surface area contributed by atoms with Gasteiger partial charge in [0.25, 0.3) is 5.69 Å². The zero-order valence-corrected chi connectivity index (χ0v) is 11.5. The fourth-order valence-corrected chi connectivity index (χ4v) is 2.36. The van der Waals surface area contributed by atoms with E-state index in [9.17, 15) is 15.2 Å². The molecular weight excluding hydrogens is 244 g/mol. The Bertz CT molecular complexity index is 484. The maximum Gasteiger partial charge on any atom is 0.292 e. The van der Waals surface area contributed by atoms with E-state index < -0.39 is 6.10 Å². The van der Waals surface area contributed by atoms with Crippen molar-refractivity contribution in [1.82, 2.24) is 0 Å². The average Bonchev–Trinajstić information content (AvgIpc) is 3.20. The topological polar surface area (TPSA) is 66.6 Å². The maximum atomic E-state index is 11.2. The summed E-state index contributed by atoms with van der Waals surface area (Å²) in [5.41, 5.74) is 1.25. The van der Waals surface area contributed by atoms with E-state index in [1.54, 1.807) is 19.1 Å². The van der Waals surface area contributed by atoms with Gasteiger partial charge in [-0.05, 0) is 44.2 Å². The molecule has 5 nitrogen and oxygen atoms in total. The van der Waals surface area contributed by atoms with E-state index in [0.717, 1.165) is 0 Å². The Morgan fingerprint density at radius 3 is 2.53 bits per heavy atom. The Morgan fingerprint density at radius 1 is 1.42 bits per heavy atom. The number of nitro benzene ring substituents is 1. The van der Waals surface area contributed by atoms with E-state index in [-0.39, 0.29) is 10.6 Å². The normalized spacial score (nSPS) is 17.9. The van der Waals surface area contributed by atoms with Gasteiger partial charge in [0.15, 0.2) is 0 Å². The Morgan fingerprint density at radius 2 is 2.05 bits per heavy atom. The molecule has 0 amide bonds. The summed E-state index contributed by atoms with van der Waals surface area (Å²) in [7, 11) is 1.90. The molecule has 0 spiro atoms. The number of nitrogens with zero attached hydrogens (tertiary/aromatic N) is 2. The highest BCUT2D eigenvalue weighted by Crippen LogP contribution is 2.39. The number of hydrogen-bond acceptors (Lipinski definition) is 4. The van der Waals surface area contributed by atoms with E-state index in [4.69, 9.17) is 0 Å². The number of benzene rings is 1. The summed E-state index contributed by atoms with van der Waals surface area (Å²) in [5, 5.41) is 20.7. The number of aliphatic hydroxyl groups is 1. The first-order valence-electron chi connectivity index (χ1n) is 6.61. The highest BCUT2D eigenvalue weighted by atomic mass is 16.6. The van der Waals surface area contributed by atoms with E-state index in [0.29, 0.717) is 23.2 Å². The van der Waals surface area contributed by atoms with Gasteiger partial charge in [-0.3, -0.25) is 10.1 Å². The van der Waals surface area contributed by atoms with E-state index in [1.165, 1.54) is 18.9 Å². The molecule has 2 unspecified atom stereocenters. The second kappa shape index (κ2) is 5.17. The van der Waals surface area contributed by atoms with Gasteiger partial charge in [-0.25, -0.2) is 0 Å². The molecule has 1 fully saturated rings. The lowest BCUT2D eigenvalue weighted by Crippen LogP contribution is -2.31. The molecule has 0 radical (unpaired) electrons. The second-order valence-corrected chi connectivity index (χ2v) is 5.37. The summed E-state index contributed by atoms with van der Waals surface area (Å²) in [6.45, 7) is 3.71. The SMILES string of the molecule is CC(O)c1ccc(N(C)C(C)C2CC2)c([N+](=O)[O-])c1. The Labute approximate surface area is 113 Å². The first-order valence-corrected chi connectivity index (χ1v) is 6.61. The number of hydrogen-bond donors (Lipinski definition) is 1. The van der Waals surface area contributed by atoms with Crippen LogP contribution in [0.4, 0.5) is 11.4 Å². The van der Waals surface area contributed by atoms with Crippen molar-refractivity contribution < 1.29 is 10.0 Å². The first-order chi connectivity index (χ1) is 8.91. The molecular formula is C14H20N2O3. The van der Waals surface area contributed by atoms with Gasteiger partial charge in [0.1, 0.15) is 5.69 Å². The van der Waals surface area contributed by atoms with E-state index in [2.05, 4.69) is 6.92 Å². The number of aliphatic hydroxyl groups excluding tert-OH is 1. The van der Waals surface area contributed by atoms with Crippen LogP contribution in [0.5, 0.6) is 0 Å². The van der Waals surface area contributed by atoms with Crippen molar-refractivity contribution in [3.05, 3.63) is 33.9 Å². The molecule has 1 N–H and O–H groups in total. The van der Waals surface area contributed by atoms with Crippen molar-refractivity contribution in [1.29, 1.82) is 0 Å². The highest BCUT2D eigenvalue weighted by Gasteiger charge is 2.32. The molecule has 1 aromatic carbocycles. The quantitative estimate of drug-likeness (QED) is 0.656. The number of anilines is 1. The van der Waals surface area contributed by atoms with Crippen molar-refractivity contribution in [2.24, 2.45) is 5.92 Å². The van der Waals surface area contributed by atoms with Crippen LogP contribution in [0.1, 0.15) is 38.4 Å². The van der Waals surface area contributed by atoms with Gasteiger partial charge in [0.05, 0.1) is 11.0 Å². The smallest absolute Gasteiger partial charge is 0.292 e. The standard InChI is InChI=1S/C14H20N2O3/c1-9(11-4-5-11)15(3)13-7-6-12(10(2)17)8-14(13)16(18)19/h6-11,17H,4-5H2,1-3H3. The molecule has 1 aromatic rings. The van der Waals surface area contributed by atoms with Gasteiger partial charge in [-0.1, -0.05) is 6.07 Å². The lowest BCUT2D eigenvalue weighted by atomic mass is 10.1. The van der Waals surface area contributed by atoms with Gasteiger partial charge in [0.2, 0.25) is 0 Å². The molecule has 1 saturated carbocycles. The van der Waals surface area contributed by atoms with Crippen LogP contribution in [0.15, 0.2) is 18.2 Å². The minimum Gasteiger partial charge on any atom is -0.389 e. The summed E-state index contributed by atoms with van der Waals surface area (Å²) >= 11 is 0. The molecule has 0 bridgehead atoms. The van der Waals surface area contributed by atoms with Crippen molar-refractivity contribution >= 4 is 11.4 Å². The van der Waals surface area contributed by atoms with Gasteiger partial charge >= 0.3 is 0 Å². The molecule has 1 aliphatic carbocycles. The average molecular weight is 264 g/mol. The molecule has 19 heavy (non-hydrogen) atoms. The predicted molar refractivity (Wildman–Crippen MR) is 74.3 cm³/mol. The summed E-state index contributed by atoms with van der Waals surface area (Å²) in [6, 6.07) is 5.26. The zero-order valence-electron chi connectivity index (χ0n) is 11.5. The molecule has 5 heteroatoms. The van der Waals surface area contributed by atoms with Crippen LogP contribution in [0.2, 0.25) is 0 Å². The van der Waals surface area contributed by atoms with Crippen molar-refractivity contribution in [3.8, 4) is 0 Å². The predicted octanol–water partition coefficient (Wildman–Crippen LogP) is 2.88. The highest BCUT2D eigenvalue weighted by molar-refractivity contribution is 5.64. The third kappa shape index (κ3) is 2.87. The van der Waals surface area contributed by atoms with Crippen molar-refractivity contribution in [2.75, 3.05) is 11.9 Å². The van der Waals surface area contributed by atoms with Gasteiger partial charge in [0, 0.05) is 19.2 Å². The van der Waals surface area contributed by atoms with Crippen LogP contribution in [0.3, 0.4) is 0 Å². The fourth-order valence-electron chi connectivity index (χ4n) is 2.36. The van der Waals surface area contributed by atoms with Gasteiger partial charge in [-0.2, -0.15) is 0 Å². The second-order valence-electron chi connectivity index (χ2n) is 5.37. The summed E-state index contributed by atoms with van der Waals surface area (Å²) in [6.07, 6.45) is 1.70. The lowest BCUT2D eigenvalue weighted by Gasteiger charge is -2.27. The molecule has 0 heterocycles. The fraction of sp³-hybridized carbons (Fsp3) is 0.571. The molecule has 2 atom stereocenters. The molecule has 104 valence electrons. The minimum atomic E-state index is -0.695. The Kier molecular flexibility index (Phi) is 3.75. The zero-order chi connectivity index (χ0) is 14.2. The molecule has 1 aliphatic rings. The van der Waals surface area contributed by atoms with Crippen molar-refractivity contribution in [2.45, 2.75) is 38.8 Å². The lowest BCUT2D eigenvalue weighted by molar-refractivity contribution is -0.384. The minimum absolute atomic E-state index is 0.0633. The van der Waals surface area contributed by atoms with Crippen LogP contribution in [0, 0.1) is 16.0 Å². The number of nitro groups is 1. The van der Waals surface area contributed by atoms with Crippen LogP contribution < -0.4 is 4.90 Å². The first kappa shape index (κ1) is 13.8. The monoisotopic (exact) mass is 264 g/mol. The maximum absolute atomic E-state index is 11.2. The van der Waals surface area contributed by atoms with E-state index in [1.807, 2.05) is 11.9 Å².